The summed E-state index contributed by atoms with van der Waals surface area (Å²) in [6.45, 7) is 4.45. The molecular weight excluding hydrogens is 391 g/mol. The van der Waals surface area contributed by atoms with Crippen molar-refractivity contribution in [3.63, 3.8) is 0 Å². The van der Waals surface area contributed by atoms with E-state index in [-0.39, 0.29) is 0 Å². The van der Waals surface area contributed by atoms with Gasteiger partial charge in [0.05, 0.1) is 11.3 Å². The predicted molar refractivity (Wildman–Crippen MR) is 120 cm³/mol. The van der Waals surface area contributed by atoms with E-state index in [0.717, 1.165) is 21.6 Å². The number of carbonyl (C=O) groups is 2. The Morgan fingerprint density at radius 1 is 0.839 bits per heavy atom. The molecule has 3 aromatic carbocycles. The molecule has 0 atom stereocenters. The van der Waals surface area contributed by atoms with Crippen LogP contribution < -0.4 is 4.90 Å². The Bertz CT molecular complexity index is 1180. The monoisotopic (exact) mass is 414 g/mol. The maximum absolute atomic E-state index is 13.5. The number of imide groups is 1. The van der Waals surface area contributed by atoms with Gasteiger partial charge in [0.15, 0.2) is 0 Å². The average Bonchev–Trinajstić information content (AvgIpc) is 3.02. The van der Waals surface area contributed by atoms with Crippen molar-refractivity contribution in [2.24, 2.45) is 0 Å². The van der Waals surface area contributed by atoms with Crippen LogP contribution in [0.15, 0.2) is 78.5 Å². The molecule has 0 bridgehead atoms. The fourth-order valence-corrected chi connectivity index (χ4v) is 3.79. The van der Waals surface area contributed by atoms with Crippen LogP contribution in [-0.4, -0.2) is 23.8 Å². The highest BCUT2D eigenvalue weighted by Gasteiger charge is 2.41. The predicted octanol–water partition coefficient (Wildman–Crippen LogP) is 4.86. The van der Waals surface area contributed by atoms with E-state index in [4.69, 9.17) is 0 Å². The third-order valence-corrected chi connectivity index (χ3v) is 5.58. The quantitative estimate of drug-likeness (QED) is 0.560. The minimum Gasteiger partial charge on any atom is -0.365 e. The van der Waals surface area contributed by atoms with E-state index in [1.807, 2.05) is 74.3 Å². The van der Waals surface area contributed by atoms with Crippen LogP contribution >= 0.6 is 0 Å². The van der Waals surface area contributed by atoms with E-state index in [9.17, 15) is 14.0 Å². The number of amides is 2. The highest BCUT2D eigenvalue weighted by molar-refractivity contribution is 6.45. The molecule has 0 unspecified atom stereocenters. The largest absolute Gasteiger partial charge is 0.365 e. The number of nitrogens with zero attached hydrogens (tertiary/aromatic N) is 2. The maximum atomic E-state index is 13.5. The van der Waals surface area contributed by atoms with Crippen molar-refractivity contribution in [1.29, 1.82) is 0 Å². The van der Waals surface area contributed by atoms with Crippen LogP contribution in [-0.2, 0) is 16.1 Å². The van der Waals surface area contributed by atoms with Crippen LogP contribution in [0.1, 0.15) is 22.3 Å². The smallest absolute Gasteiger partial charge is 0.282 e. The summed E-state index contributed by atoms with van der Waals surface area (Å²) >= 11 is 0. The van der Waals surface area contributed by atoms with Gasteiger partial charge in [-0.2, -0.15) is 0 Å². The number of anilines is 1. The second-order valence-electron chi connectivity index (χ2n) is 7.79. The van der Waals surface area contributed by atoms with Crippen LogP contribution in [0.25, 0.3) is 5.57 Å². The maximum Gasteiger partial charge on any atom is 0.282 e. The van der Waals surface area contributed by atoms with Gasteiger partial charge in [0.25, 0.3) is 11.8 Å². The number of benzene rings is 3. The van der Waals surface area contributed by atoms with Crippen LogP contribution in [0.5, 0.6) is 0 Å². The molecule has 1 heterocycles. The zero-order chi connectivity index (χ0) is 22.1. The van der Waals surface area contributed by atoms with Crippen LogP contribution in [0, 0.1) is 19.7 Å². The van der Waals surface area contributed by atoms with Gasteiger partial charge in [0.2, 0.25) is 0 Å². The van der Waals surface area contributed by atoms with Crippen molar-refractivity contribution in [1.82, 2.24) is 4.90 Å². The number of likely N-dealkylation sites (N-methyl/N-ethyl adjacent to an activating group) is 1. The number of aryl methyl sites for hydroxylation is 2. The van der Waals surface area contributed by atoms with E-state index < -0.39 is 17.6 Å². The van der Waals surface area contributed by atoms with Crippen molar-refractivity contribution in [2.75, 3.05) is 11.9 Å². The molecule has 0 fully saturated rings. The Hall–Kier alpha value is -3.73. The Kier molecular flexibility index (Phi) is 5.42. The van der Waals surface area contributed by atoms with Gasteiger partial charge in [-0.05, 0) is 60.4 Å². The first kappa shape index (κ1) is 20.5. The molecule has 3 aromatic rings. The Labute approximate surface area is 181 Å². The molecule has 4 nitrogen and oxygen atoms in total. The molecule has 0 saturated carbocycles. The minimum atomic E-state index is -0.424. The molecule has 0 saturated heterocycles. The first-order chi connectivity index (χ1) is 14.9. The molecule has 1 aliphatic rings. The average molecular weight is 414 g/mol. The zero-order valence-corrected chi connectivity index (χ0v) is 17.7. The summed E-state index contributed by atoms with van der Waals surface area (Å²) in [4.78, 5) is 29.9. The Morgan fingerprint density at radius 3 is 2.16 bits per heavy atom. The number of carbonyl (C=O) groups excluding carboxylic acids is 2. The molecule has 0 spiro atoms. The van der Waals surface area contributed by atoms with Gasteiger partial charge in [-0.15, -0.1) is 0 Å². The molecule has 0 aromatic heterocycles. The zero-order valence-electron chi connectivity index (χ0n) is 17.7. The van der Waals surface area contributed by atoms with Crippen molar-refractivity contribution >= 4 is 23.1 Å². The molecule has 4 rings (SSSR count). The standard InChI is InChI=1S/C26H23FN2O2/c1-17-9-10-20(15-18(17)2)23-24(28(3)16-19-7-5-4-6-8-19)26(31)29(25(23)30)22-13-11-21(27)12-14-22/h4-15H,16H2,1-3H3. The van der Waals surface area contributed by atoms with Gasteiger partial charge in [-0.1, -0.05) is 48.5 Å². The molecule has 0 N–H and O–H groups in total. The van der Waals surface area contributed by atoms with Gasteiger partial charge in [0, 0.05) is 13.6 Å². The van der Waals surface area contributed by atoms with E-state index in [1.54, 1.807) is 0 Å². The van der Waals surface area contributed by atoms with Crippen molar-refractivity contribution in [3.05, 3.63) is 107 Å². The van der Waals surface area contributed by atoms with Crippen molar-refractivity contribution in [3.8, 4) is 0 Å². The van der Waals surface area contributed by atoms with Crippen LogP contribution in [0.4, 0.5) is 10.1 Å². The molecule has 31 heavy (non-hydrogen) atoms. The van der Waals surface area contributed by atoms with Crippen LogP contribution in [0.3, 0.4) is 0 Å². The summed E-state index contributed by atoms with van der Waals surface area (Å²) in [6.07, 6.45) is 0. The normalized spacial score (nSPS) is 13.9. The molecule has 2 amide bonds. The number of hydrogen-bond acceptors (Lipinski definition) is 3. The van der Waals surface area contributed by atoms with E-state index >= 15 is 0 Å². The summed E-state index contributed by atoms with van der Waals surface area (Å²) in [5, 5.41) is 0. The molecule has 0 aliphatic carbocycles. The van der Waals surface area contributed by atoms with Gasteiger partial charge in [-0.3, -0.25) is 9.59 Å². The van der Waals surface area contributed by atoms with Gasteiger partial charge in [-0.25, -0.2) is 9.29 Å². The van der Waals surface area contributed by atoms with Gasteiger partial charge < -0.3 is 4.90 Å². The summed E-state index contributed by atoms with van der Waals surface area (Å²) in [5.74, 6) is -1.25. The molecule has 5 heteroatoms. The fraction of sp³-hybridized carbons (Fsp3) is 0.154. The van der Waals surface area contributed by atoms with Crippen molar-refractivity contribution < 1.29 is 14.0 Å². The topological polar surface area (TPSA) is 40.6 Å². The van der Waals surface area contributed by atoms with E-state index in [0.29, 0.717) is 29.1 Å². The number of halogens is 1. The highest BCUT2D eigenvalue weighted by Crippen LogP contribution is 2.35. The van der Waals surface area contributed by atoms with E-state index in [1.165, 1.54) is 24.3 Å². The summed E-state index contributed by atoms with van der Waals surface area (Å²) < 4.78 is 13.4. The number of rotatable bonds is 5. The Balaban J connectivity index is 1.82. The molecule has 0 radical (unpaired) electrons. The first-order valence-corrected chi connectivity index (χ1v) is 10.1. The minimum absolute atomic E-state index is 0.335. The van der Waals surface area contributed by atoms with E-state index in [2.05, 4.69) is 0 Å². The van der Waals surface area contributed by atoms with Crippen molar-refractivity contribution in [2.45, 2.75) is 20.4 Å². The summed E-state index contributed by atoms with van der Waals surface area (Å²) in [5.41, 5.74) is 4.91. The lowest BCUT2D eigenvalue weighted by Crippen LogP contribution is -2.34. The lowest BCUT2D eigenvalue weighted by atomic mass is 9.99. The first-order valence-electron chi connectivity index (χ1n) is 10.1. The van der Waals surface area contributed by atoms with Crippen LogP contribution in [0.2, 0.25) is 0 Å². The number of hydrogen-bond donors (Lipinski definition) is 0. The van der Waals surface area contributed by atoms with Gasteiger partial charge in [0.1, 0.15) is 11.5 Å². The summed E-state index contributed by atoms with van der Waals surface area (Å²) in [6, 6.07) is 20.9. The fourth-order valence-electron chi connectivity index (χ4n) is 3.79. The second kappa shape index (κ2) is 8.19. The van der Waals surface area contributed by atoms with Gasteiger partial charge >= 0.3 is 0 Å². The Morgan fingerprint density at radius 2 is 1.52 bits per heavy atom. The molecule has 1 aliphatic heterocycles. The molecular formula is C26H23FN2O2. The third kappa shape index (κ3) is 3.87. The second-order valence-corrected chi connectivity index (χ2v) is 7.79. The summed E-state index contributed by atoms with van der Waals surface area (Å²) in [7, 11) is 1.81. The molecule has 156 valence electrons. The lowest BCUT2D eigenvalue weighted by molar-refractivity contribution is -0.120. The lowest BCUT2D eigenvalue weighted by Gasteiger charge is -2.21. The highest BCUT2D eigenvalue weighted by atomic mass is 19.1. The third-order valence-electron chi connectivity index (χ3n) is 5.58. The SMILES string of the molecule is Cc1ccc(C2=C(N(C)Cc3ccccc3)C(=O)N(c3ccc(F)cc3)C2=O)cc1C.